The highest BCUT2D eigenvalue weighted by Crippen LogP contribution is 2.26. The maximum Gasteiger partial charge on any atom is 0.353 e. The van der Waals surface area contributed by atoms with Gasteiger partial charge < -0.3 is 24.1 Å². The van der Waals surface area contributed by atoms with Crippen LogP contribution in [0.15, 0.2) is 0 Å². The molecule has 0 amide bonds. The summed E-state index contributed by atoms with van der Waals surface area (Å²) in [6.45, 7) is 3.07. The molecule has 0 aromatic rings. The van der Waals surface area contributed by atoms with Gasteiger partial charge in [0.25, 0.3) is 0 Å². The molecule has 0 saturated carbocycles. The van der Waals surface area contributed by atoms with Gasteiger partial charge in [-0.25, -0.2) is 4.79 Å². The topological polar surface area (TPSA) is 125 Å². The number of cyclic esters (lactones) is 1. The molecular weight excluding hydrogens is 324 g/mol. The summed E-state index contributed by atoms with van der Waals surface area (Å²) in [5, 5.41) is 10.0. The molecule has 1 unspecified atom stereocenters. The van der Waals surface area contributed by atoms with E-state index >= 15 is 0 Å². The number of esters is 4. The van der Waals surface area contributed by atoms with Crippen molar-refractivity contribution >= 4 is 35.5 Å². The lowest BCUT2D eigenvalue weighted by Gasteiger charge is -2.29. The highest BCUT2D eigenvalue weighted by atomic mass is 35.5. The van der Waals surface area contributed by atoms with E-state index in [0.717, 1.165) is 20.8 Å². The van der Waals surface area contributed by atoms with Crippen LogP contribution in [0, 0.1) is 0 Å². The second kappa shape index (κ2) is 7.41. The minimum Gasteiger partial charge on any atom is -0.455 e. The first-order chi connectivity index (χ1) is 10.1. The average Bonchev–Trinajstić information content (AvgIpc) is 2.43. The van der Waals surface area contributed by atoms with Crippen LogP contribution in [0.2, 0.25) is 0 Å². The summed E-state index contributed by atoms with van der Waals surface area (Å²) in [5.41, 5.74) is -1.59. The number of rotatable bonds is 3. The van der Waals surface area contributed by atoms with E-state index in [1.807, 2.05) is 0 Å². The molecular formula is C12H15ClO9. The highest BCUT2D eigenvalue weighted by Gasteiger charge is 2.51. The Morgan fingerprint density at radius 2 is 1.45 bits per heavy atom. The number of carbonyl (C=O) groups excluding carboxylic acids is 4. The van der Waals surface area contributed by atoms with Gasteiger partial charge in [-0.1, -0.05) is 11.6 Å². The van der Waals surface area contributed by atoms with Crippen molar-refractivity contribution in [3.63, 3.8) is 0 Å². The highest BCUT2D eigenvalue weighted by molar-refractivity contribution is 6.20. The quantitative estimate of drug-likeness (QED) is 0.402. The average molecular weight is 339 g/mol. The maximum absolute atomic E-state index is 11.9. The summed E-state index contributed by atoms with van der Waals surface area (Å²) in [6, 6.07) is 0. The third-order valence-electron chi connectivity index (χ3n) is 2.59. The van der Waals surface area contributed by atoms with Gasteiger partial charge >= 0.3 is 23.9 Å². The minimum absolute atomic E-state index is 0.832. The molecule has 22 heavy (non-hydrogen) atoms. The maximum atomic E-state index is 11.9. The number of hydrogen-bond donors (Lipinski definition) is 1. The van der Waals surface area contributed by atoms with E-state index in [9.17, 15) is 24.3 Å². The number of hydrogen-bond acceptors (Lipinski definition) is 9. The van der Waals surface area contributed by atoms with Crippen molar-refractivity contribution in [1.82, 2.24) is 0 Å². The summed E-state index contributed by atoms with van der Waals surface area (Å²) in [6.07, 6.45) is -6.58. The van der Waals surface area contributed by atoms with E-state index in [1.54, 1.807) is 0 Å². The predicted octanol–water partition coefficient (Wildman–Crippen LogP) is -0.736. The van der Waals surface area contributed by atoms with Gasteiger partial charge in [0.1, 0.15) is 6.10 Å². The van der Waals surface area contributed by atoms with Gasteiger partial charge in [0, 0.05) is 20.8 Å². The first-order valence-corrected chi connectivity index (χ1v) is 6.61. The fourth-order valence-corrected chi connectivity index (χ4v) is 2.07. The van der Waals surface area contributed by atoms with Gasteiger partial charge in [0.2, 0.25) is 11.7 Å². The zero-order chi connectivity index (χ0) is 17.0. The number of ether oxygens (including phenoxy) is 4. The van der Waals surface area contributed by atoms with Crippen molar-refractivity contribution in [2.75, 3.05) is 0 Å². The van der Waals surface area contributed by atoms with Crippen molar-refractivity contribution in [1.29, 1.82) is 0 Å². The van der Waals surface area contributed by atoms with E-state index in [-0.39, 0.29) is 0 Å². The SMILES string of the molecule is CC(=O)O[C@H]1[C@H](OC(C)=O)[C@H](O)C(Cl)OC(=O)[C@H]1OC(C)=O. The van der Waals surface area contributed by atoms with Crippen LogP contribution in [0.25, 0.3) is 0 Å². The van der Waals surface area contributed by atoms with Crippen molar-refractivity contribution in [2.24, 2.45) is 0 Å². The molecule has 9 nitrogen and oxygen atoms in total. The Morgan fingerprint density at radius 3 is 1.91 bits per heavy atom. The van der Waals surface area contributed by atoms with Gasteiger partial charge in [-0.3, -0.25) is 14.4 Å². The Kier molecular flexibility index (Phi) is 6.12. The van der Waals surface area contributed by atoms with Crippen LogP contribution in [-0.4, -0.2) is 59.0 Å². The molecule has 124 valence electrons. The first-order valence-electron chi connectivity index (χ1n) is 6.17. The van der Waals surface area contributed by atoms with Crippen LogP contribution in [0.4, 0.5) is 0 Å². The number of alkyl halides is 1. The summed E-state index contributed by atoms with van der Waals surface area (Å²) in [7, 11) is 0. The molecule has 1 fully saturated rings. The van der Waals surface area contributed by atoms with Crippen molar-refractivity contribution < 1.29 is 43.2 Å². The van der Waals surface area contributed by atoms with Crippen LogP contribution in [0.3, 0.4) is 0 Å². The zero-order valence-electron chi connectivity index (χ0n) is 12.0. The Morgan fingerprint density at radius 1 is 1.00 bits per heavy atom. The molecule has 1 aliphatic rings. The molecule has 1 aliphatic heterocycles. The number of carbonyl (C=O) groups is 4. The van der Waals surface area contributed by atoms with Gasteiger partial charge in [0.05, 0.1) is 0 Å². The summed E-state index contributed by atoms with van der Waals surface area (Å²) < 4.78 is 19.2. The molecule has 0 spiro atoms. The Hall–Kier alpha value is -1.87. The van der Waals surface area contributed by atoms with Crippen LogP contribution < -0.4 is 0 Å². The lowest BCUT2D eigenvalue weighted by molar-refractivity contribution is -0.191. The largest absolute Gasteiger partial charge is 0.455 e. The molecule has 0 aliphatic carbocycles. The van der Waals surface area contributed by atoms with Gasteiger partial charge in [-0.05, 0) is 0 Å². The van der Waals surface area contributed by atoms with E-state index < -0.39 is 53.9 Å². The molecule has 0 aromatic carbocycles. The second-order valence-electron chi connectivity index (χ2n) is 4.46. The van der Waals surface area contributed by atoms with Gasteiger partial charge in [0.15, 0.2) is 12.2 Å². The smallest absolute Gasteiger partial charge is 0.353 e. The van der Waals surface area contributed by atoms with E-state index in [1.165, 1.54) is 0 Å². The normalized spacial score (nSPS) is 31.5. The monoisotopic (exact) mass is 338 g/mol. The third kappa shape index (κ3) is 4.57. The van der Waals surface area contributed by atoms with Crippen LogP contribution >= 0.6 is 11.6 Å². The third-order valence-corrected chi connectivity index (χ3v) is 2.93. The molecule has 0 aromatic heterocycles. The van der Waals surface area contributed by atoms with Crippen LogP contribution in [0.5, 0.6) is 0 Å². The molecule has 1 heterocycles. The Bertz CT molecular complexity index is 477. The second-order valence-corrected chi connectivity index (χ2v) is 4.89. The Labute approximate surface area is 130 Å². The molecule has 10 heteroatoms. The first kappa shape index (κ1) is 18.2. The number of aliphatic hydroxyl groups is 1. The van der Waals surface area contributed by atoms with E-state index in [0.29, 0.717) is 0 Å². The van der Waals surface area contributed by atoms with Crippen molar-refractivity contribution in [3.05, 3.63) is 0 Å². The summed E-state index contributed by atoms with van der Waals surface area (Å²) >= 11 is 5.68. The van der Waals surface area contributed by atoms with Gasteiger partial charge in [-0.2, -0.15) is 0 Å². The molecule has 1 saturated heterocycles. The fraction of sp³-hybridized carbons (Fsp3) is 0.667. The standard InChI is InChI=1S/C12H15ClO9/c1-4(14)19-8-7(17)11(13)22-12(18)10(21-6(3)16)9(8)20-5(2)15/h7-11,17H,1-3H3/t7-,8+,9-,10-,11?/m0/s1. The fourth-order valence-electron chi connectivity index (χ4n) is 1.84. The lowest BCUT2D eigenvalue weighted by Crippen LogP contribution is -2.51. The molecule has 0 radical (unpaired) electrons. The van der Waals surface area contributed by atoms with Crippen LogP contribution in [-0.2, 0) is 38.1 Å². The Balaban J connectivity index is 3.24. The number of aliphatic hydroxyl groups excluding tert-OH is 1. The molecule has 1 rings (SSSR count). The van der Waals surface area contributed by atoms with E-state index in [2.05, 4.69) is 4.74 Å². The molecule has 1 N–H and O–H groups in total. The predicted molar refractivity (Wildman–Crippen MR) is 68.4 cm³/mol. The van der Waals surface area contributed by atoms with Gasteiger partial charge in [-0.15, -0.1) is 0 Å². The zero-order valence-corrected chi connectivity index (χ0v) is 12.7. The van der Waals surface area contributed by atoms with Crippen molar-refractivity contribution in [3.8, 4) is 0 Å². The lowest BCUT2D eigenvalue weighted by atomic mass is 10.0. The van der Waals surface area contributed by atoms with Crippen LogP contribution in [0.1, 0.15) is 20.8 Å². The number of halogens is 1. The van der Waals surface area contributed by atoms with E-state index in [4.69, 9.17) is 25.8 Å². The minimum atomic E-state index is -1.73. The summed E-state index contributed by atoms with van der Waals surface area (Å²) in [5.74, 6) is -3.70. The molecule has 0 bridgehead atoms. The summed E-state index contributed by atoms with van der Waals surface area (Å²) in [4.78, 5) is 45.4. The molecule has 5 atom stereocenters. The van der Waals surface area contributed by atoms with Crippen molar-refractivity contribution in [2.45, 2.75) is 50.8 Å².